The summed E-state index contributed by atoms with van der Waals surface area (Å²) in [6.45, 7) is 4.70. The molecule has 1 heterocycles. The molecule has 0 aliphatic heterocycles. The first-order valence-corrected chi connectivity index (χ1v) is 6.49. The summed E-state index contributed by atoms with van der Waals surface area (Å²) in [6, 6.07) is 5.88. The summed E-state index contributed by atoms with van der Waals surface area (Å²) in [4.78, 5) is 15.6. The van der Waals surface area contributed by atoms with Crippen molar-refractivity contribution in [2.75, 3.05) is 0 Å². The Morgan fingerprint density at radius 1 is 1.37 bits per heavy atom. The van der Waals surface area contributed by atoms with Crippen LogP contribution in [-0.2, 0) is 4.79 Å². The van der Waals surface area contributed by atoms with Crippen LogP contribution in [0.1, 0.15) is 19.4 Å². The first kappa shape index (κ1) is 13.4. The van der Waals surface area contributed by atoms with Gasteiger partial charge in [0.1, 0.15) is 5.76 Å². The number of ketones is 1. The summed E-state index contributed by atoms with van der Waals surface area (Å²) < 4.78 is 1.02. The summed E-state index contributed by atoms with van der Waals surface area (Å²) in [6.07, 6.45) is 0. The Labute approximate surface area is 114 Å². The zero-order valence-electron chi connectivity index (χ0n) is 10.8. The number of Topliss-reactive ketones (excluding diaryl/α,β-unsaturated/α-hetero) is 1. The fraction of sp³-hybridized carbons (Fsp3) is 0.231. The van der Waals surface area contributed by atoms with Crippen LogP contribution < -0.4 is 0 Å². The van der Waals surface area contributed by atoms with Gasteiger partial charge in [-0.2, -0.15) is 0 Å². The van der Waals surface area contributed by atoms with Crippen molar-refractivity contribution >= 4 is 32.5 Å². The number of azo groups is 1. The van der Waals surface area contributed by atoms with Crippen molar-refractivity contribution in [2.45, 2.75) is 20.8 Å². The number of carbonyl (C=O) groups is 1. The number of hydrogen-bond acceptors (Lipinski definition) is 6. The summed E-state index contributed by atoms with van der Waals surface area (Å²) in [5.74, 6) is -0.477. The number of thiazole rings is 1. The molecule has 0 aliphatic rings. The van der Waals surface area contributed by atoms with Crippen LogP contribution in [0.5, 0.6) is 0 Å². The molecule has 0 amide bonds. The fourth-order valence-electron chi connectivity index (χ4n) is 1.61. The van der Waals surface area contributed by atoms with Crippen molar-refractivity contribution in [3.63, 3.8) is 0 Å². The predicted molar refractivity (Wildman–Crippen MR) is 74.9 cm³/mol. The van der Waals surface area contributed by atoms with E-state index in [0.717, 1.165) is 15.8 Å². The molecule has 0 fully saturated rings. The molecule has 0 spiro atoms. The Morgan fingerprint density at radius 3 is 2.68 bits per heavy atom. The molecular formula is C13H13N3O2S. The van der Waals surface area contributed by atoms with E-state index in [2.05, 4.69) is 15.2 Å². The number of hydrogen-bond donors (Lipinski definition) is 1. The van der Waals surface area contributed by atoms with Gasteiger partial charge >= 0.3 is 0 Å². The number of nitrogens with zero attached hydrogens (tertiary/aromatic N) is 3. The number of aryl methyl sites for hydroxylation is 1. The van der Waals surface area contributed by atoms with E-state index >= 15 is 0 Å². The highest BCUT2D eigenvalue weighted by Crippen LogP contribution is 2.30. The lowest BCUT2D eigenvalue weighted by atomic mass is 10.2. The van der Waals surface area contributed by atoms with Crippen LogP contribution in [0.2, 0.25) is 0 Å². The topological polar surface area (TPSA) is 74.9 Å². The fourth-order valence-corrected chi connectivity index (χ4v) is 2.47. The number of fused-ring (bicyclic) bond motifs is 1. The smallest absolute Gasteiger partial charge is 0.231 e. The van der Waals surface area contributed by atoms with Crippen LogP contribution in [-0.4, -0.2) is 15.9 Å². The maximum atomic E-state index is 11.2. The third kappa shape index (κ3) is 2.85. The minimum Gasteiger partial charge on any atom is -0.510 e. The summed E-state index contributed by atoms with van der Waals surface area (Å²) >= 11 is 1.39. The molecule has 0 aliphatic carbocycles. The van der Waals surface area contributed by atoms with Gasteiger partial charge in [0.05, 0.1) is 10.2 Å². The van der Waals surface area contributed by atoms with E-state index in [1.165, 1.54) is 25.2 Å². The van der Waals surface area contributed by atoms with E-state index in [1.54, 1.807) is 0 Å². The highest BCUT2D eigenvalue weighted by molar-refractivity contribution is 7.21. The zero-order valence-corrected chi connectivity index (χ0v) is 11.7. The summed E-state index contributed by atoms with van der Waals surface area (Å²) in [5, 5.41) is 17.5. The monoisotopic (exact) mass is 275 g/mol. The number of benzene rings is 1. The molecule has 2 aromatic rings. The molecule has 0 saturated carbocycles. The number of carbonyl (C=O) groups excluding carboxylic acids is 1. The number of aliphatic hydroxyl groups is 1. The predicted octanol–water partition coefficient (Wildman–Crippen LogP) is 4.07. The van der Waals surface area contributed by atoms with Crippen molar-refractivity contribution in [1.82, 2.24) is 4.98 Å². The lowest BCUT2D eigenvalue weighted by Gasteiger charge is -1.94. The highest BCUT2D eigenvalue weighted by atomic mass is 32.1. The van der Waals surface area contributed by atoms with E-state index in [0.29, 0.717) is 5.13 Å². The van der Waals surface area contributed by atoms with Crippen LogP contribution in [0, 0.1) is 6.92 Å². The molecule has 1 aromatic carbocycles. The second-order valence-electron chi connectivity index (χ2n) is 4.11. The molecule has 1 aromatic heterocycles. The largest absolute Gasteiger partial charge is 0.510 e. The van der Waals surface area contributed by atoms with Crippen molar-refractivity contribution in [3.05, 3.63) is 35.2 Å². The van der Waals surface area contributed by atoms with Crippen molar-refractivity contribution in [2.24, 2.45) is 10.2 Å². The van der Waals surface area contributed by atoms with Gasteiger partial charge < -0.3 is 5.11 Å². The van der Waals surface area contributed by atoms with Gasteiger partial charge in [-0.3, -0.25) is 4.79 Å². The Kier molecular flexibility index (Phi) is 3.71. The lowest BCUT2D eigenvalue weighted by molar-refractivity contribution is -0.113. The van der Waals surface area contributed by atoms with Crippen LogP contribution in [0.25, 0.3) is 10.2 Å². The third-order valence-electron chi connectivity index (χ3n) is 2.52. The number of rotatable bonds is 3. The number of para-hydroxylation sites is 1. The minimum atomic E-state index is -0.332. The van der Waals surface area contributed by atoms with E-state index in [1.807, 2.05) is 25.1 Å². The quantitative estimate of drug-likeness (QED) is 0.521. The van der Waals surface area contributed by atoms with Crippen molar-refractivity contribution < 1.29 is 9.90 Å². The molecule has 1 N–H and O–H groups in total. The van der Waals surface area contributed by atoms with Crippen LogP contribution in [0.4, 0.5) is 5.13 Å². The van der Waals surface area contributed by atoms with Gasteiger partial charge in [0, 0.05) is 6.92 Å². The molecule has 0 saturated heterocycles. The van der Waals surface area contributed by atoms with Gasteiger partial charge in [0.2, 0.25) is 5.13 Å². The maximum Gasteiger partial charge on any atom is 0.231 e. The van der Waals surface area contributed by atoms with Gasteiger partial charge in [-0.1, -0.05) is 23.5 Å². The molecule has 0 unspecified atom stereocenters. The minimum absolute atomic E-state index is 0.0454. The molecule has 6 heteroatoms. The van der Waals surface area contributed by atoms with Crippen molar-refractivity contribution in [1.29, 1.82) is 0 Å². The molecular weight excluding hydrogens is 262 g/mol. The first-order chi connectivity index (χ1) is 8.99. The molecule has 0 bridgehead atoms. The van der Waals surface area contributed by atoms with Gasteiger partial charge in [0.25, 0.3) is 0 Å². The van der Waals surface area contributed by atoms with Crippen molar-refractivity contribution in [3.8, 4) is 0 Å². The third-order valence-corrected chi connectivity index (χ3v) is 3.43. The normalized spacial score (nSPS) is 13.0. The van der Waals surface area contributed by atoms with E-state index in [-0.39, 0.29) is 17.2 Å². The molecule has 5 nitrogen and oxygen atoms in total. The van der Waals surface area contributed by atoms with Crippen LogP contribution >= 0.6 is 11.3 Å². The van der Waals surface area contributed by atoms with Crippen LogP contribution in [0.3, 0.4) is 0 Å². The zero-order chi connectivity index (χ0) is 14.0. The molecule has 0 radical (unpaired) electrons. The first-order valence-electron chi connectivity index (χ1n) is 5.67. The molecule has 19 heavy (non-hydrogen) atoms. The maximum absolute atomic E-state index is 11.2. The van der Waals surface area contributed by atoms with Gasteiger partial charge in [-0.05, 0) is 25.5 Å². The van der Waals surface area contributed by atoms with E-state index in [9.17, 15) is 9.90 Å². The Hall–Kier alpha value is -2.08. The standard InChI is InChI=1S/C13H13N3O2S/c1-7-5-4-6-10-11(7)14-13(19-10)16-15-12(8(2)17)9(3)18/h4-6,17H,1-3H3/b12-8-,16-15?. The van der Waals surface area contributed by atoms with Crippen LogP contribution in [0.15, 0.2) is 39.9 Å². The lowest BCUT2D eigenvalue weighted by Crippen LogP contribution is -1.96. The summed E-state index contributed by atoms with van der Waals surface area (Å²) in [7, 11) is 0. The van der Waals surface area contributed by atoms with Gasteiger partial charge in [0.15, 0.2) is 11.5 Å². The molecule has 2 rings (SSSR count). The average Bonchev–Trinajstić information content (AvgIpc) is 2.72. The Morgan fingerprint density at radius 2 is 2.11 bits per heavy atom. The highest BCUT2D eigenvalue weighted by Gasteiger charge is 2.08. The van der Waals surface area contributed by atoms with Gasteiger partial charge in [-0.25, -0.2) is 4.98 Å². The summed E-state index contributed by atoms with van der Waals surface area (Å²) in [5.41, 5.74) is 1.90. The second kappa shape index (κ2) is 5.27. The molecule has 0 atom stereocenters. The Bertz CT molecular complexity index is 697. The van der Waals surface area contributed by atoms with E-state index in [4.69, 9.17) is 0 Å². The average molecular weight is 275 g/mol. The van der Waals surface area contributed by atoms with E-state index < -0.39 is 0 Å². The number of allylic oxidation sites excluding steroid dienone is 2. The van der Waals surface area contributed by atoms with Gasteiger partial charge in [-0.15, -0.1) is 10.2 Å². The molecule has 98 valence electrons. The number of aromatic nitrogens is 1. The number of aliphatic hydroxyl groups excluding tert-OH is 1. The SMILES string of the molecule is CC(=O)/C(N=Nc1nc2c(C)cccc2s1)=C(\C)O. The Balaban J connectivity index is 2.39. The second-order valence-corrected chi connectivity index (χ2v) is 5.12.